The fourth-order valence-electron chi connectivity index (χ4n) is 7.14. The molecule has 2 unspecified atom stereocenters. The summed E-state index contributed by atoms with van der Waals surface area (Å²) in [5.74, 6) is 3.50. The number of fused-ring (bicyclic) bond motifs is 2. The van der Waals surface area contributed by atoms with Gasteiger partial charge in [0.05, 0.1) is 40.9 Å². The number of benzene rings is 2. The number of methoxy groups -OCH3 is 1. The number of hydrogen-bond donors (Lipinski definition) is 1. The number of nitrogens with zero attached hydrogens (tertiary/aromatic N) is 6. The molecule has 1 amide bonds. The summed E-state index contributed by atoms with van der Waals surface area (Å²) in [4.78, 5) is 20.9. The van der Waals surface area contributed by atoms with E-state index in [0.717, 1.165) is 83.0 Å². The van der Waals surface area contributed by atoms with Crippen molar-refractivity contribution in [1.82, 2.24) is 28.8 Å². The van der Waals surface area contributed by atoms with Crippen molar-refractivity contribution in [2.24, 2.45) is 31.8 Å². The van der Waals surface area contributed by atoms with Crippen LogP contribution in [0.4, 0.5) is 11.4 Å². The maximum Gasteiger partial charge on any atom is 0.254 e. The number of ether oxygens (including phenoxy) is 1. The van der Waals surface area contributed by atoms with Crippen molar-refractivity contribution in [2.45, 2.75) is 53.0 Å². The van der Waals surface area contributed by atoms with Gasteiger partial charge in [-0.2, -0.15) is 5.10 Å². The molecular formula is C35H43N7O2. The molecule has 2 fully saturated rings. The lowest BCUT2D eigenvalue weighted by atomic mass is 9.95. The zero-order valence-corrected chi connectivity index (χ0v) is 26.7. The molecule has 2 aromatic carbocycles. The van der Waals surface area contributed by atoms with E-state index in [1.165, 1.54) is 12.8 Å². The zero-order chi connectivity index (χ0) is 30.7. The third kappa shape index (κ3) is 4.92. The number of rotatable bonds is 8. The van der Waals surface area contributed by atoms with Crippen LogP contribution in [-0.4, -0.2) is 54.9 Å². The summed E-state index contributed by atoms with van der Waals surface area (Å²) in [7, 11) is 5.67. The van der Waals surface area contributed by atoms with Gasteiger partial charge in [-0.15, -0.1) is 0 Å². The van der Waals surface area contributed by atoms with E-state index in [0.29, 0.717) is 29.1 Å². The van der Waals surface area contributed by atoms with Gasteiger partial charge < -0.3 is 24.1 Å². The molecule has 0 radical (unpaired) electrons. The number of piperidine rings is 1. The summed E-state index contributed by atoms with van der Waals surface area (Å²) in [6.07, 6.45) is 6.60. The number of hydrogen-bond acceptors (Lipinski definition) is 5. The van der Waals surface area contributed by atoms with E-state index < -0.39 is 0 Å². The zero-order valence-electron chi connectivity index (χ0n) is 26.7. The molecule has 5 aromatic rings. The summed E-state index contributed by atoms with van der Waals surface area (Å²) < 4.78 is 12.3. The molecule has 1 aliphatic heterocycles. The topological polar surface area (TPSA) is 82.1 Å². The van der Waals surface area contributed by atoms with E-state index in [9.17, 15) is 4.79 Å². The van der Waals surface area contributed by atoms with E-state index in [2.05, 4.69) is 57.7 Å². The normalized spacial score (nSPS) is 20.0. The molecule has 0 spiro atoms. The first-order chi connectivity index (χ1) is 21.2. The van der Waals surface area contributed by atoms with Crippen LogP contribution in [0.1, 0.15) is 55.6 Å². The lowest BCUT2D eigenvalue weighted by Gasteiger charge is -2.32. The summed E-state index contributed by atoms with van der Waals surface area (Å²) in [5.41, 5.74) is 7.54. The Morgan fingerprint density at radius 3 is 2.66 bits per heavy atom. The minimum atomic E-state index is 0.0637. The number of amides is 1. The van der Waals surface area contributed by atoms with Gasteiger partial charge in [-0.1, -0.05) is 32.4 Å². The van der Waals surface area contributed by atoms with Crippen LogP contribution < -0.4 is 10.1 Å². The molecule has 1 saturated carbocycles. The van der Waals surface area contributed by atoms with Gasteiger partial charge in [0.1, 0.15) is 11.3 Å². The maximum absolute atomic E-state index is 13.7. The molecule has 3 atom stereocenters. The van der Waals surface area contributed by atoms with Gasteiger partial charge in [0.2, 0.25) is 0 Å². The van der Waals surface area contributed by atoms with Crippen LogP contribution in [0.15, 0.2) is 42.6 Å². The van der Waals surface area contributed by atoms with E-state index in [-0.39, 0.29) is 5.91 Å². The molecule has 7 rings (SSSR count). The van der Waals surface area contributed by atoms with Crippen LogP contribution in [0, 0.1) is 24.7 Å². The fraction of sp³-hybridized carbons (Fsp3) is 0.457. The number of likely N-dealkylation sites (tertiary alicyclic amines) is 1. The SMILES string of the molecule is CC[C@@H]1CCCN(C(=O)c2cc(OC)c3c(c2)nc(-c2cc4cccc(Nc5cn(C)nc5C)c4n2CC2CC2C)n3C)C1. The molecule has 1 saturated heterocycles. The smallest absolute Gasteiger partial charge is 0.254 e. The second-order valence-corrected chi connectivity index (χ2v) is 13.0. The Balaban J connectivity index is 1.35. The number of imidazole rings is 1. The molecular weight excluding hydrogens is 550 g/mol. The van der Waals surface area contributed by atoms with E-state index in [4.69, 9.17) is 9.72 Å². The highest BCUT2D eigenvalue weighted by molar-refractivity contribution is 6.01. The van der Waals surface area contributed by atoms with Crippen LogP contribution in [-0.2, 0) is 20.6 Å². The van der Waals surface area contributed by atoms with Gasteiger partial charge in [-0.05, 0) is 68.2 Å². The molecule has 2 aliphatic rings. The molecule has 44 heavy (non-hydrogen) atoms. The summed E-state index contributed by atoms with van der Waals surface area (Å²) >= 11 is 0. The minimum Gasteiger partial charge on any atom is -0.494 e. The van der Waals surface area contributed by atoms with E-state index in [1.807, 2.05) is 48.9 Å². The minimum absolute atomic E-state index is 0.0637. The Hall–Kier alpha value is -4.27. The maximum atomic E-state index is 13.7. The second-order valence-electron chi connectivity index (χ2n) is 13.0. The Morgan fingerprint density at radius 1 is 1.14 bits per heavy atom. The van der Waals surface area contributed by atoms with Gasteiger partial charge >= 0.3 is 0 Å². The number of aryl methyl sites for hydroxylation is 3. The summed E-state index contributed by atoms with van der Waals surface area (Å²) in [5, 5.41) is 9.36. The van der Waals surface area contributed by atoms with Crippen LogP contribution >= 0.6 is 0 Å². The third-order valence-electron chi connectivity index (χ3n) is 9.91. The Bertz CT molecular complexity index is 1880. The largest absolute Gasteiger partial charge is 0.494 e. The average molecular weight is 594 g/mol. The van der Waals surface area contributed by atoms with Crippen molar-refractivity contribution in [3.05, 3.63) is 53.9 Å². The fourth-order valence-corrected chi connectivity index (χ4v) is 7.14. The number of carbonyl (C=O) groups is 1. The van der Waals surface area contributed by atoms with Crippen molar-refractivity contribution in [3.63, 3.8) is 0 Å². The highest BCUT2D eigenvalue weighted by Gasteiger charge is 2.34. The predicted octanol–water partition coefficient (Wildman–Crippen LogP) is 6.91. The second kappa shape index (κ2) is 11.0. The highest BCUT2D eigenvalue weighted by Crippen LogP contribution is 2.43. The predicted molar refractivity (Wildman–Crippen MR) is 176 cm³/mol. The number of carbonyl (C=O) groups excluding carboxylic acids is 1. The average Bonchev–Trinajstić information content (AvgIpc) is 3.28. The Morgan fingerprint density at radius 2 is 1.95 bits per heavy atom. The molecule has 0 bridgehead atoms. The number of para-hydroxylation sites is 1. The van der Waals surface area contributed by atoms with Crippen molar-refractivity contribution in [3.8, 4) is 17.3 Å². The molecule has 1 aliphatic carbocycles. The van der Waals surface area contributed by atoms with Gasteiger partial charge in [0.25, 0.3) is 5.91 Å². The molecule has 1 N–H and O–H groups in total. The van der Waals surface area contributed by atoms with Crippen molar-refractivity contribution < 1.29 is 9.53 Å². The van der Waals surface area contributed by atoms with Crippen molar-refractivity contribution in [2.75, 3.05) is 25.5 Å². The molecule has 9 nitrogen and oxygen atoms in total. The van der Waals surface area contributed by atoms with Crippen molar-refractivity contribution >= 4 is 39.2 Å². The van der Waals surface area contributed by atoms with Crippen LogP contribution in [0.3, 0.4) is 0 Å². The number of anilines is 2. The quantitative estimate of drug-likeness (QED) is 0.212. The van der Waals surface area contributed by atoms with Gasteiger partial charge in [0, 0.05) is 50.9 Å². The van der Waals surface area contributed by atoms with Gasteiger partial charge in [-0.25, -0.2) is 4.98 Å². The van der Waals surface area contributed by atoms with Crippen LogP contribution in [0.25, 0.3) is 33.5 Å². The Kier molecular flexibility index (Phi) is 7.14. The molecule has 230 valence electrons. The Labute approximate surface area is 258 Å². The van der Waals surface area contributed by atoms with E-state index in [1.54, 1.807) is 7.11 Å². The van der Waals surface area contributed by atoms with Crippen molar-refractivity contribution in [1.29, 1.82) is 0 Å². The first-order valence-corrected chi connectivity index (χ1v) is 16.0. The molecule has 3 aromatic heterocycles. The first-order valence-electron chi connectivity index (χ1n) is 16.0. The monoisotopic (exact) mass is 593 g/mol. The van der Waals surface area contributed by atoms with Gasteiger partial charge in [0.15, 0.2) is 5.82 Å². The lowest BCUT2D eigenvalue weighted by Crippen LogP contribution is -2.39. The third-order valence-corrected chi connectivity index (χ3v) is 9.91. The number of aromatic nitrogens is 5. The van der Waals surface area contributed by atoms with E-state index >= 15 is 0 Å². The summed E-state index contributed by atoms with van der Waals surface area (Å²) in [6.45, 7) is 9.11. The van der Waals surface area contributed by atoms with Crippen LogP contribution in [0.2, 0.25) is 0 Å². The van der Waals surface area contributed by atoms with Gasteiger partial charge in [-0.3, -0.25) is 9.48 Å². The summed E-state index contributed by atoms with van der Waals surface area (Å²) in [6, 6.07) is 12.5. The standard InChI is InChI=1S/C35H43N7O2/c1-7-23-10-9-13-41(18-23)35(43)25-15-28-33(31(17-25)44-6)40(5)34(37-28)30-16-24-11-8-12-27(36-29-20-39(4)38-22(29)3)32(24)42(30)19-26-14-21(26)2/h8,11-12,15-17,20-21,23,26,36H,7,9-10,13-14,18-19H2,1-6H3/t21?,23-,26?/m1/s1. The highest BCUT2D eigenvalue weighted by atomic mass is 16.5. The van der Waals surface area contributed by atoms with Crippen LogP contribution in [0.5, 0.6) is 5.75 Å². The lowest BCUT2D eigenvalue weighted by molar-refractivity contribution is 0.0671. The molecule has 9 heteroatoms. The molecule has 4 heterocycles. The first kappa shape index (κ1) is 28.5. The number of nitrogens with one attached hydrogen (secondary N) is 1.